The van der Waals surface area contributed by atoms with Crippen LogP contribution in [0.1, 0.15) is 32.8 Å². The van der Waals surface area contributed by atoms with E-state index in [0.29, 0.717) is 30.2 Å². The van der Waals surface area contributed by atoms with Gasteiger partial charge in [0.05, 0.1) is 18.1 Å². The quantitative estimate of drug-likeness (QED) is 0.813. The van der Waals surface area contributed by atoms with Crippen molar-refractivity contribution in [2.75, 3.05) is 6.61 Å². The number of nitrogens with two attached hydrogens (primary N) is 1. The molecule has 0 saturated carbocycles. The number of halogens is 1. The van der Waals surface area contributed by atoms with Crippen LogP contribution in [0, 0.1) is 0 Å². The predicted molar refractivity (Wildman–Crippen MR) is 82.2 cm³/mol. The van der Waals surface area contributed by atoms with Gasteiger partial charge < -0.3 is 15.8 Å². The second-order valence-electron chi connectivity index (χ2n) is 5.23. The lowest BCUT2D eigenvalue weighted by Gasteiger charge is -2.15. The Morgan fingerprint density at radius 1 is 1.40 bits per heavy atom. The maximum atomic E-state index is 11.5. The lowest BCUT2D eigenvalue weighted by Crippen LogP contribution is -2.31. The number of ether oxygens (including phenoxy) is 1. The molecule has 20 heavy (non-hydrogen) atoms. The van der Waals surface area contributed by atoms with E-state index in [-0.39, 0.29) is 18.0 Å². The van der Waals surface area contributed by atoms with Gasteiger partial charge in [-0.05, 0) is 38.8 Å². The van der Waals surface area contributed by atoms with Crippen molar-refractivity contribution in [2.45, 2.75) is 45.7 Å². The highest BCUT2D eigenvalue weighted by atomic mass is 35.5. The van der Waals surface area contributed by atoms with E-state index in [1.807, 2.05) is 32.9 Å². The number of benzene rings is 1. The highest BCUT2D eigenvalue weighted by Gasteiger charge is 2.11. The number of hydrogen-bond acceptors (Lipinski definition) is 3. The number of amides is 1. The Bertz CT molecular complexity index is 447. The Morgan fingerprint density at radius 2 is 2.10 bits per heavy atom. The lowest BCUT2D eigenvalue weighted by atomic mass is 10.1. The fraction of sp³-hybridized carbons (Fsp3) is 0.533. The van der Waals surface area contributed by atoms with Crippen molar-refractivity contribution in [3.63, 3.8) is 0 Å². The first kappa shape index (κ1) is 16.8. The fourth-order valence-corrected chi connectivity index (χ4v) is 2.11. The number of hydrogen-bond donors (Lipinski definition) is 2. The number of carbonyl (C=O) groups excluding carboxylic acids is 1. The van der Waals surface area contributed by atoms with Crippen LogP contribution in [0.5, 0.6) is 5.75 Å². The van der Waals surface area contributed by atoms with Gasteiger partial charge in [-0.2, -0.15) is 0 Å². The third-order valence-electron chi connectivity index (χ3n) is 2.62. The number of nitrogens with one attached hydrogen (secondary N) is 1. The first-order valence-electron chi connectivity index (χ1n) is 6.85. The summed E-state index contributed by atoms with van der Waals surface area (Å²) in [6.07, 6.45) is 0.995. The Morgan fingerprint density at radius 3 is 2.70 bits per heavy atom. The Kier molecular flexibility index (Phi) is 6.82. The maximum Gasteiger partial charge on any atom is 0.223 e. The van der Waals surface area contributed by atoms with Crippen LogP contribution in [0.2, 0.25) is 5.02 Å². The first-order chi connectivity index (χ1) is 9.40. The molecule has 1 unspecified atom stereocenters. The van der Waals surface area contributed by atoms with Crippen molar-refractivity contribution in [3.05, 3.63) is 28.8 Å². The molecular weight excluding hydrogens is 276 g/mol. The van der Waals surface area contributed by atoms with Crippen LogP contribution in [-0.2, 0) is 11.2 Å². The summed E-state index contributed by atoms with van der Waals surface area (Å²) in [4.78, 5) is 11.5. The molecule has 112 valence electrons. The van der Waals surface area contributed by atoms with Gasteiger partial charge in [0.15, 0.2) is 0 Å². The molecule has 0 aliphatic rings. The minimum atomic E-state index is -0.0270. The van der Waals surface area contributed by atoms with E-state index in [9.17, 15) is 4.79 Å². The van der Waals surface area contributed by atoms with Crippen LogP contribution in [0.3, 0.4) is 0 Å². The molecule has 1 rings (SSSR count). The van der Waals surface area contributed by atoms with E-state index in [1.165, 1.54) is 0 Å². The fourth-order valence-electron chi connectivity index (χ4n) is 1.86. The Balaban J connectivity index is 2.60. The van der Waals surface area contributed by atoms with Gasteiger partial charge >= 0.3 is 0 Å². The van der Waals surface area contributed by atoms with Crippen molar-refractivity contribution >= 4 is 17.5 Å². The van der Waals surface area contributed by atoms with E-state index in [4.69, 9.17) is 22.1 Å². The SMILES string of the molecule is CC(N)Cc1cccc(Cl)c1OCCC(=O)NC(C)C. The minimum Gasteiger partial charge on any atom is -0.491 e. The lowest BCUT2D eigenvalue weighted by molar-refractivity contribution is -0.122. The van der Waals surface area contributed by atoms with Crippen molar-refractivity contribution < 1.29 is 9.53 Å². The summed E-state index contributed by atoms with van der Waals surface area (Å²) in [5, 5.41) is 3.37. The highest BCUT2D eigenvalue weighted by Crippen LogP contribution is 2.29. The van der Waals surface area contributed by atoms with E-state index < -0.39 is 0 Å². The van der Waals surface area contributed by atoms with Gasteiger partial charge in [-0.3, -0.25) is 4.79 Å². The van der Waals surface area contributed by atoms with Crippen molar-refractivity contribution in [1.29, 1.82) is 0 Å². The first-order valence-corrected chi connectivity index (χ1v) is 7.23. The van der Waals surface area contributed by atoms with E-state index in [2.05, 4.69) is 5.32 Å². The van der Waals surface area contributed by atoms with E-state index >= 15 is 0 Å². The summed E-state index contributed by atoms with van der Waals surface area (Å²) < 4.78 is 5.67. The van der Waals surface area contributed by atoms with Crippen LogP contribution < -0.4 is 15.8 Å². The summed E-state index contributed by atoms with van der Waals surface area (Å²) >= 11 is 6.15. The van der Waals surface area contributed by atoms with Crippen LogP contribution in [-0.4, -0.2) is 24.6 Å². The van der Waals surface area contributed by atoms with Crippen molar-refractivity contribution in [2.24, 2.45) is 5.73 Å². The zero-order valence-electron chi connectivity index (χ0n) is 12.3. The van der Waals surface area contributed by atoms with Gasteiger partial charge in [-0.15, -0.1) is 0 Å². The maximum absolute atomic E-state index is 11.5. The molecular formula is C15H23ClN2O2. The summed E-state index contributed by atoms with van der Waals surface area (Å²) in [5.41, 5.74) is 6.78. The number of para-hydroxylation sites is 1. The molecule has 0 aromatic heterocycles. The van der Waals surface area contributed by atoms with Gasteiger partial charge in [0.2, 0.25) is 5.91 Å². The summed E-state index contributed by atoms with van der Waals surface area (Å²) in [5.74, 6) is 0.601. The zero-order chi connectivity index (χ0) is 15.1. The van der Waals surface area contributed by atoms with Gasteiger partial charge in [0.1, 0.15) is 5.75 Å². The zero-order valence-corrected chi connectivity index (χ0v) is 13.0. The molecule has 3 N–H and O–H groups in total. The molecule has 1 amide bonds. The van der Waals surface area contributed by atoms with Crippen LogP contribution in [0.25, 0.3) is 0 Å². The summed E-state index contributed by atoms with van der Waals surface area (Å²) in [6.45, 7) is 6.08. The number of rotatable bonds is 7. The van der Waals surface area contributed by atoms with E-state index in [1.54, 1.807) is 6.07 Å². The molecule has 0 bridgehead atoms. The molecule has 0 fully saturated rings. The van der Waals surface area contributed by atoms with Crippen LogP contribution in [0.15, 0.2) is 18.2 Å². The van der Waals surface area contributed by atoms with Gasteiger partial charge in [0.25, 0.3) is 0 Å². The molecule has 0 saturated heterocycles. The topological polar surface area (TPSA) is 64.3 Å². The molecule has 0 radical (unpaired) electrons. The van der Waals surface area contributed by atoms with Crippen molar-refractivity contribution in [1.82, 2.24) is 5.32 Å². The molecule has 0 heterocycles. The average Bonchev–Trinajstić information content (AvgIpc) is 2.31. The summed E-state index contributed by atoms with van der Waals surface area (Å²) in [7, 11) is 0. The molecule has 5 heteroatoms. The molecule has 0 aliphatic heterocycles. The Hall–Kier alpha value is -1.26. The Labute approximate surface area is 125 Å². The van der Waals surface area contributed by atoms with Crippen LogP contribution in [0.4, 0.5) is 0 Å². The standard InChI is InChI=1S/C15H23ClN2O2/c1-10(2)18-14(19)7-8-20-15-12(9-11(3)17)5-4-6-13(15)16/h4-6,10-11H,7-9,17H2,1-3H3,(H,18,19). The van der Waals surface area contributed by atoms with Crippen molar-refractivity contribution in [3.8, 4) is 5.75 Å². The van der Waals surface area contributed by atoms with Gasteiger partial charge in [0, 0.05) is 12.1 Å². The van der Waals surface area contributed by atoms with Gasteiger partial charge in [-0.1, -0.05) is 23.7 Å². The predicted octanol–water partition coefficient (Wildman–Crippen LogP) is 2.52. The smallest absolute Gasteiger partial charge is 0.223 e. The average molecular weight is 299 g/mol. The molecule has 4 nitrogen and oxygen atoms in total. The molecule has 1 aromatic rings. The van der Waals surface area contributed by atoms with Gasteiger partial charge in [-0.25, -0.2) is 0 Å². The monoisotopic (exact) mass is 298 g/mol. The molecule has 0 aliphatic carbocycles. The highest BCUT2D eigenvalue weighted by molar-refractivity contribution is 6.32. The second kappa shape index (κ2) is 8.12. The summed E-state index contributed by atoms with van der Waals surface area (Å²) in [6, 6.07) is 5.75. The number of carbonyl (C=O) groups is 1. The molecule has 0 spiro atoms. The van der Waals surface area contributed by atoms with Crippen LogP contribution >= 0.6 is 11.6 Å². The third kappa shape index (κ3) is 5.80. The second-order valence-corrected chi connectivity index (χ2v) is 5.64. The molecule has 1 aromatic carbocycles. The third-order valence-corrected chi connectivity index (χ3v) is 2.91. The molecule has 1 atom stereocenters. The largest absolute Gasteiger partial charge is 0.491 e. The normalized spacial score (nSPS) is 12.3. The van der Waals surface area contributed by atoms with E-state index in [0.717, 1.165) is 5.56 Å². The minimum absolute atomic E-state index is 0.0270.